The molecule has 0 bridgehead atoms. The first-order valence-corrected chi connectivity index (χ1v) is 6.75. The number of aryl methyl sites for hydroxylation is 3. The third-order valence-electron chi connectivity index (χ3n) is 3.39. The molecule has 0 aliphatic carbocycles. The van der Waals surface area contributed by atoms with E-state index in [2.05, 4.69) is 32.9 Å². The molecule has 1 rings (SSSR count). The standard InChI is InChI=1S/C17H25/c1-5-6-7-8-9-10-11-17-15(3)12-14(2)13-16(17)4/h1,5,12-13H,6-11H2,2-4H3. The van der Waals surface area contributed by atoms with E-state index in [1.165, 1.54) is 48.8 Å². The van der Waals surface area contributed by atoms with Gasteiger partial charge in [0.25, 0.3) is 0 Å². The van der Waals surface area contributed by atoms with Crippen LogP contribution in [0.3, 0.4) is 0 Å². The Bertz CT molecular complexity index is 337. The highest BCUT2D eigenvalue weighted by Crippen LogP contribution is 2.19. The van der Waals surface area contributed by atoms with Gasteiger partial charge in [0, 0.05) is 0 Å². The van der Waals surface area contributed by atoms with Crippen LogP contribution in [-0.4, -0.2) is 0 Å². The number of hydrogen-bond acceptors (Lipinski definition) is 0. The Morgan fingerprint density at radius 2 is 1.53 bits per heavy atom. The van der Waals surface area contributed by atoms with Gasteiger partial charge in [0.1, 0.15) is 0 Å². The lowest BCUT2D eigenvalue weighted by atomic mass is 9.95. The molecule has 0 heterocycles. The van der Waals surface area contributed by atoms with E-state index in [0.717, 1.165) is 6.42 Å². The number of unbranched alkanes of at least 4 members (excludes halogenated alkanes) is 4. The maximum Gasteiger partial charge on any atom is -0.0274 e. The van der Waals surface area contributed by atoms with E-state index < -0.39 is 0 Å². The fourth-order valence-electron chi connectivity index (χ4n) is 2.52. The molecule has 1 aromatic carbocycles. The third-order valence-corrected chi connectivity index (χ3v) is 3.39. The second-order valence-electron chi connectivity index (χ2n) is 5.07. The van der Waals surface area contributed by atoms with Crippen molar-refractivity contribution in [2.24, 2.45) is 0 Å². The Morgan fingerprint density at radius 3 is 2.12 bits per heavy atom. The monoisotopic (exact) mass is 229 g/mol. The van der Waals surface area contributed by atoms with Crippen LogP contribution in [0.2, 0.25) is 0 Å². The highest BCUT2D eigenvalue weighted by Gasteiger charge is 2.03. The second kappa shape index (κ2) is 7.32. The molecule has 0 atom stereocenters. The summed E-state index contributed by atoms with van der Waals surface area (Å²) in [7, 11) is 0. The minimum atomic E-state index is 1.06. The van der Waals surface area contributed by atoms with Crippen LogP contribution in [0.1, 0.15) is 54.4 Å². The summed E-state index contributed by atoms with van der Waals surface area (Å²) in [5.74, 6) is 0. The molecule has 0 saturated carbocycles. The summed E-state index contributed by atoms with van der Waals surface area (Å²) in [6.07, 6.45) is 9.22. The van der Waals surface area contributed by atoms with Crippen LogP contribution < -0.4 is 0 Å². The Morgan fingerprint density at radius 1 is 0.941 bits per heavy atom. The molecule has 0 unspecified atom stereocenters. The molecule has 0 fully saturated rings. The number of rotatable bonds is 7. The Kier molecular flexibility index (Phi) is 6.04. The normalized spacial score (nSPS) is 10.5. The van der Waals surface area contributed by atoms with Crippen LogP contribution in [-0.2, 0) is 6.42 Å². The molecule has 1 aromatic rings. The predicted octanol–water partition coefficient (Wildman–Crippen LogP) is 5.09. The van der Waals surface area contributed by atoms with E-state index in [4.69, 9.17) is 6.58 Å². The average Bonchev–Trinajstić information content (AvgIpc) is 2.26. The van der Waals surface area contributed by atoms with Crippen molar-refractivity contribution in [2.75, 3.05) is 0 Å². The summed E-state index contributed by atoms with van der Waals surface area (Å²) < 4.78 is 0. The van der Waals surface area contributed by atoms with Crippen LogP contribution in [0.25, 0.3) is 0 Å². The van der Waals surface area contributed by atoms with Crippen molar-refractivity contribution in [2.45, 2.75) is 59.3 Å². The van der Waals surface area contributed by atoms with Crippen molar-refractivity contribution in [1.82, 2.24) is 0 Å². The summed E-state index contributed by atoms with van der Waals surface area (Å²) in [5, 5.41) is 0. The van der Waals surface area contributed by atoms with Crippen molar-refractivity contribution < 1.29 is 0 Å². The number of benzene rings is 1. The zero-order valence-corrected chi connectivity index (χ0v) is 11.6. The lowest BCUT2D eigenvalue weighted by Crippen LogP contribution is -1.95. The van der Waals surface area contributed by atoms with Gasteiger partial charge in [0.05, 0.1) is 0 Å². The molecule has 0 spiro atoms. The lowest BCUT2D eigenvalue weighted by Gasteiger charge is -2.11. The van der Waals surface area contributed by atoms with Gasteiger partial charge in [-0.2, -0.15) is 0 Å². The molecule has 0 nitrogen and oxygen atoms in total. The van der Waals surface area contributed by atoms with Crippen LogP contribution in [0.15, 0.2) is 18.2 Å². The van der Waals surface area contributed by atoms with E-state index in [0.29, 0.717) is 0 Å². The Balaban J connectivity index is 2.39. The summed E-state index contributed by atoms with van der Waals surface area (Å²) in [6.45, 7) is 12.0. The summed E-state index contributed by atoms with van der Waals surface area (Å²) >= 11 is 0. The second-order valence-corrected chi connectivity index (χ2v) is 5.07. The molecule has 0 aromatic heterocycles. The first-order chi connectivity index (χ1) is 8.15. The van der Waals surface area contributed by atoms with E-state index in [1.807, 2.05) is 0 Å². The van der Waals surface area contributed by atoms with Crippen LogP contribution in [0.4, 0.5) is 0 Å². The van der Waals surface area contributed by atoms with Crippen molar-refractivity contribution in [3.05, 3.63) is 47.0 Å². The molecule has 0 amide bonds. The van der Waals surface area contributed by atoms with E-state index in [1.54, 1.807) is 11.6 Å². The average molecular weight is 229 g/mol. The molecule has 93 valence electrons. The maximum atomic E-state index is 5.36. The highest BCUT2D eigenvalue weighted by atomic mass is 14.1. The summed E-state index contributed by atoms with van der Waals surface area (Å²) in [6, 6.07) is 4.59. The zero-order chi connectivity index (χ0) is 12.7. The SMILES string of the molecule is [CH]=CCCCCCCc1c(C)cc(C)cc1C. The van der Waals surface area contributed by atoms with Gasteiger partial charge in [-0.05, 0) is 63.1 Å². The van der Waals surface area contributed by atoms with Gasteiger partial charge in [-0.1, -0.05) is 43.2 Å². The van der Waals surface area contributed by atoms with E-state index in [9.17, 15) is 0 Å². The largest absolute Gasteiger partial charge is 0.0845 e. The minimum Gasteiger partial charge on any atom is -0.0845 e. The minimum absolute atomic E-state index is 1.06. The van der Waals surface area contributed by atoms with Crippen LogP contribution >= 0.6 is 0 Å². The predicted molar refractivity (Wildman–Crippen MR) is 76.3 cm³/mol. The van der Waals surface area contributed by atoms with Gasteiger partial charge in [0.2, 0.25) is 0 Å². The van der Waals surface area contributed by atoms with Crippen molar-refractivity contribution in [1.29, 1.82) is 0 Å². The van der Waals surface area contributed by atoms with Crippen LogP contribution in [0.5, 0.6) is 0 Å². The van der Waals surface area contributed by atoms with Gasteiger partial charge in [-0.15, -0.1) is 0 Å². The molecule has 0 aliphatic rings. The topological polar surface area (TPSA) is 0 Å². The molecular weight excluding hydrogens is 204 g/mol. The maximum absolute atomic E-state index is 5.36. The Hall–Kier alpha value is -1.04. The van der Waals surface area contributed by atoms with Gasteiger partial charge < -0.3 is 0 Å². The van der Waals surface area contributed by atoms with E-state index in [-0.39, 0.29) is 0 Å². The van der Waals surface area contributed by atoms with Gasteiger partial charge in [-0.25, -0.2) is 0 Å². The van der Waals surface area contributed by atoms with Crippen molar-refractivity contribution in [3.8, 4) is 0 Å². The fourth-order valence-corrected chi connectivity index (χ4v) is 2.52. The molecule has 0 aliphatic heterocycles. The molecule has 0 saturated heterocycles. The fraction of sp³-hybridized carbons (Fsp3) is 0.529. The smallest absolute Gasteiger partial charge is 0.0274 e. The lowest BCUT2D eigenvalue weighted by molar-refractivity contribution is 0.644. The summed E-state index contributed by atoms with van der Waals surface area (Å²) in [4.78, 5) is 0. The van der Waals surface area contributed by atoms with Gasteiger partial charge >= 0.3 is 0 Å². The summed E-state index contributed by atoms with van der Waals surface area (Å²) in [5.41, 5.74) is 5.85. The van der Waals surface area contributed by atoms with Gasteiger partial charge in [-0.3, -0.25) is 0 Å². The van der Waals surface area contributed by atoms with Crippen molar-refractivity contribution >= 4 is 0 Å². The number of hydrogen-bond donors (Lipinski definition) is 0. The molecule has 17 heavy (non-hydrogen) atoms. The van der Waals surface area contributed by atoms with E-state index >= 15 is 0 Å². The molecule has 0 N–H and O–H groups in total. The Labute approximate surface area is 107 Å². The molecule has 1 radical (unpaired) electrons. The quantitative estimate of drug-likeness (QED) is 0.571. The van der Waals surface area contributed by atoms with Crippen LogP contribution in [0, 0.1) is 27.4 Å². The molecular formula is C17H25. The zero-order valence-electron chi connectivity index (χ0n) is 11.6. The molecule has 0 heteroatoms. The highest BCUT2D eigenvalue weighted by molar-refractivity contribution is 5.37. The third kappa shape index (κ3) is 4.77. The van der Waals surface area contributed by atoms with Crippen molar-refractivity contribution in [3.63, 3.8) is 0 Å². The van der Waals surface area contributed by atoms with Gasteiger partial charge in [0.15, 0.2) is 0 Å². The first-order valence-electron chi connectivity index (χ1n) is 6.75. The first kappa shape index (κ1) is 14.0. The number of allylic oxidation sites excluding steroid dienone is 1.